The lowest BCUT2D eigenvalue weighted by Crippen LogP contribution is -2.32. The molecule has 1 saturated carbocycles. The van der Waals surface area contributed by atoms with Gasteiger partial charge < -0.3 is 14.3 Å². The molecule has 2 rings (SSSR count). The Balaban J connectivity index is 1.84. The maximum atomic E-state index is 8.66. The third kappa shape index (κ3) is 3.56. The lowest BCUT2D eigenvalue weighted by Gasteiger charge is -2.27. The summed E-state index contributed by atoms with van der Waals surface area (Å²) in [6, 6.07) is 4.93. The number of rotatable bonds is 8. The molecule has 4 nitrogen and oxygen atoms in total. The number of nitrogens with zero attached hydrogens (tertiary/aromatic N) is 1. The molecule has 0 spiro atoms. The highest BCUT2D eigenvalue weighted by molar-refractivity contribution is 5.05. The smallest absolute Gasteiger partial charge is 0.120 e. The molecule has 1 aliphatic rings. The van der Waals surface area contributed by atoms with E-state index in [-0.39, 0.29) is 6.61 Å². The SMILES string of the molecule is CC(c1ccco1)N(CCOCCO)C1CC1. The molecule has 0 aliphatic heterocycles. The fourth-order valence-electron chi connectivity index (χ4n) is 2.13. The molecule has 0 bridgehead atoms. The van der Waals surface area contributed by atoms with Gasteiger partial charge in [0, 0.05) is 12.6 Å². The monoisotopic (exact) mass is 239 g/mol. The molecule has 96 valence electrons. The van der Waals surface area contributed by atoms with Crippen molar-refractivity contribution in [3.05, 3.63) is 24.2 Å². The summed E-state index contributed by atoms with van der Waals surface area (Å²) in [7, 11) is 0. The molecule has 1 atom stereocenters. The highest BCUT2D eigenvalue weighted by Crippen LogP contribution is 2.33. The molecule has 1 aliphatic carbocycles. The largest absolute Gasteiger partial charge is 0.468 e. The van der Waals surface area contributed by atoms with Gasteiger partial charge in [-0.25, -0.2) is 0 Å². The zero-order chi connectivity index (χ0) is 12.1. The summed E-state index contributed by atoms with van der Waals surface area (Å²) in [5, 5.41) is 8.66. The van der Waals surface area contributed by atoms with E-state index in [1.54, 1.807) is 6.26 Å². The van der Waals surface area contributed by atoms with Crippen LogP contribution in [-0.2, 0) is 4.74 Å². The van der Waals surface area contributed by atoms with E-state index in [2.05, 4.69) is 11.8 Å². The van der Waals surface area contributed by atoms with Crippen molar-refractivity contribution < 1.29 is 14.3 Å². The minimum Gasteiger partial charge on any atom is -0.468 e. The van der Waals surface area contributed by atoms with E-state index in [9.17, 15) is 0 Å². The van der Waals surface area contributed by atoms with Crippen LogP contribution in [0, 0.1) is 0 Å². The van der Waals surface area contributed by atoms with Gasteiger partial charge in [0.15, 0.2) is 0 Å². The summed E-state index contributed by atoms with van der Waals surface area (Å²) in [6.07, 6.45) is 4.26. The van der Waals surface area contributed by atoms with Crippen molar-refractivity contribution in [2.75, 3.05) is 26.4 Å². The van der Waals surface area contributed by atoms with Crippen molar-refractivity contribution in [3.8, 4) is 0 Å². The Kier molecular flexibility index (Phi) is 4.59. The van der Waals surface area contributed by atoms with Crippen LogP contribution in [0.25, 0.3) is 0 Å². The molecule has 0 saturated heterocycles. The van der Waals surface area contributed by atoms with Crippen LogP contribution in [-0.4, -0.2) is 42.4 Å². The fourth-order valence-corrected chi connectivity index (χ4v) is 2.13. The van der Waals surface area contributed by atoms with Gasteiger partial charge in [-0.2, -0.15) is 0 Å². The van der Waals surface area contributed by atoms with Crippen LogP contribution >= 0.6 is 0 Å². The fraction of sp³-hybridized carbons (Fsp3) is 0.692. The molecule has 1 N–H and O–H groups in total. The molecule has 1 heterocycles. The van der Waals surface area contributed by atoms with Crippen LogP contribution in [0.3, 0.4) is 0 Å². The van der Waals surface area contributed by atoms with E-state index in [1.807, 2.05) is 12.1 Å². The number of furan rings is 1. The number of aliphatic hydroxyl groups is 1. The van der Waals surface area contributed by atoms with Crippen molar-refractivity contribution in [1.82, 2.24) is 4.90 Å². The van der Waals surface area contributed by atoms with Crippen molar-refractivity contribution in [3.63, 3.8) is 0 Å². The minimum atomic E-state index is 0.0944. The topological polar surface area (TPSA) is 45.8 Å². The molecule has 1 aromatic heterocycles. The van der Waals surface area contributed by atoms with Gasteiger partial charge in [-0.15, -0.1) is 0 Å². The van der Waals surface area contributed by atoms with E-state index < -0.39 is 0 Å². The molecule has 1 fully saturated rings. The Hall–Kier alpha value is -0.840. The van der Waals surface area contributed by atoms with Crippen LogP contribution in [0.2, 0.25) is 0 Å². The second-order valence-corrected chi connectivity index (χ2v) is 4.50. The quantitative estimate of drug-likeness (QED) is 0.703. The maximum Gasteiger partial charge on any atom is 0.120 e. The van der Waals surface area contributed by atoms with Crippen LogP contribution in [0.5, 0.6) is 0 Å². The van der Waals surface area contributed by atoms with Crippen molar-refractivity contribution >= 4 is 0 Å². The summed E-state index contributed by atoms with van der Waals surface area (Å²) < 4.78 is 10.8. The Morgan fingerprint density at radius 1 is 1.53 bits per heavy atom. The zero-order valence-electron chi connectivity index (χ0n) is 10.3. The normalized spacial score (nSPS) is 17.6. The second kappa shape index (κ2) is 6.19. The van der Waals surface area contributed by atoms with E-state index in [0.717, 1.165) is 12.3 Å². The van der Waals surface area contributed by atoms with Gasteiger partial charge in [0.05, 0.1) is 32.1 Å². The summed E-state index contributed by atoms with van der Waals surface area (Å²) in [5.41, 5.74) is 0. The average molecular weight is 239 g/mol. The molecular formula is C13H21NO3. The predicted molar refractivity (Wildman–Crippen MR) is 64.8 cm³/mol. The Bertz CT molecular complexity index is 308. The molecule has 17 heavy (non-hydrogen) atoms. The average Bonchev–Trinajstić information content (AvgIpc) is 3.02. The first-order valence-corrected chi connectivity index (χ1v) is 6.30. The van der Waals surface area contributed by atoms with Crippen LogP contribution in [0.4, 0.5) is 0 Å². The van der Waals surface area contributed by atoms with Gasteiger partial charge in [0.25, 0.3) is 0 Å². The molecule has 4 heteroatoms. The van der Waals surface area contributed by atoms with Gasteiger partial charge in [-0.05, 0) is 31.9 Å². The minimum absolute atomic E-state index is 0.0944. The molecule has 1 aromatic rings. The summed E-state index contributed by atoms with van der Waals surface area (Å²) in [5.74, 6) is 1.01. The molecule has 0 aromatic carbocycles. The lowest BCUT2D eigenvalue weighted by atomic mass is 10.2. The van der Waals surface area contributed by atoms with Gasteiger partial charge in [-0.1, -0.05) is 0 Å². The maximum absolute atomic E-state index is 8.66. The lowest BCUT2D eigenvalue weighted by molar-refractivity contribution is 0.0593. The zero-order valence-corrected chi connectivity index (χ0v) is 10.3. The summed E-state index contributed by atoms with van der Waals surface area (Å²) >= 11 is 0. The number of ether oxygens (including phenoxy) is 1. The third-order valence-corrected chi connectivity index (χ3v) is 3.20. The standard InChI is InChI=1S/C13H21NO3/c1-11(13-3-2-8-17-13)14(12-4-5-12)6-9-16-10-7-15/h2-3,8,11-12,15H,4-7,9-10H2,1H3. The number of aliphatic hydroxyl groups excluding tert-OH is 1. The van der Waals surface area contributed by atoms with Crippen LogP contribution in [0.1, 0.15) is 31.6 Å². The van der Waals surface area contributed by atoms with Gasteiger partial charge in [0.1, 0.15) is 5.76 Å². The molecule has 0 amide bonds. The summed E-state index contributed by atoms with van der Waals surface area (Å²) in [4.78, 5) is 2.43. The number of hydrogen-bond acceptors (Lipinski definition) is 4. The second-order valence-electron chi connectivity index (χ2n) is 4.50. The van der Waals surface area contributed by atoms with E-state index in [4.69, 9.17) is 14.3 Å². The number of hydrogen-bond donors (Lipinski definition) is 1. The van der Waals surface area contributed by atoms with Crippen molar-refractivity contribution in [1.29, 1.82) is 0 Å². The van der Waals surface area contributed by atoms with E-state index in [1.165, 1.54) is 12.8 Å². The Labute approximate surface area is 102 Å². The van der Waals surface area contributed by atoms with Gasteiger partial charge >= 0.3 is 0 Å². The molecule has 1 unspecified atom stereocenters. The van der Waals surface area contributed by atoms with Gasteiger partial charge in [-0.3, -0.25) is 4.90 Å². The van der Waals surface area contributed by atoms with Gasteiger partial charge in [0.2, 0.25) is 0 Å². The van der Waals surface area contributed by atoms with E-state index >= 15 is 0 Å². The first kappa shape index (κ1) is 12.6. The highest BCUT2D eigenvalue weighted by atomic mass is 16.5. The first-order chi connectivity index (χ1) is 8.33. The molecule has 0 radical (unpaired) electrons. The van der Waals surface area contributed by atoms with Crippen molar-refractivity contribution in [2.24, 2.45) is 0 Å². The van der Waals surface area contributed by atoms with Crippen LogP contribution < -0.4 is 0 Å². The third-order valence-electron chi connectivity index (χ3n) is 3.20. The van der Waals surface area contributed by atoms with Crippen LogP contribution in [0.15, 0.2) is 22.8 Å². The Morgan fingerprint density at radius 2 is 2.35 bits per heavy atom. The van der Waals surface area contributed by atoms with Crippen molar-refractivity contribution in [2.45, 2.75) is 31.8 Å². The van der Waals surface area contributed by atoms with E-state index in [0.29, 0.717) is 25.3 Å². The molecular weight excluding hydrogens is 218 g/mol. The highest BCUT2D eigenvalue weighted by Gasteiger charge is 2.33. The summed E-state index contributed by atoms with van der Waals surface area (Å²) in [6.45, 7) is 4.25. The predicted octanol–water partition coefficient (Wildman–Crippen LogP) is 1.81. The Morgan fingerprint density at radius 3 is 2.94 bits per heavy atom. The first-order valence-electron chi connectivity index (χ1n) is 6.30.